The summed E-state index contributed by atoms with van der Waals surface area (Å²) in [5.41, 5.74) is 4.13. The fraction of sp³-hybridized carbons (Fsp3) is 0.105. The molecule has 0 amide bonds. The molecule has 0 aliphatic rings. The molecule has 4 aromatic rings. The molecule has 0 radical (unpaired) electrons. The predicted octanol–water partition coefficient (Wildman–Crippen LogP) is 3.87. The fourth-order valence-electron chi connectivity index (χ4n) is 2.94. The van der Waals surface area contributed by atoms with E-state index >= 15 is 0 Å². The lowest BCUT2D eigenvalue weighted by atomic mass is 10.0. The summed E-state index contributed by atoms with van der Waals surface area (Å²) in [6, 6.07) is 12.6. The van der Waals surface area contributed by atoms with Gasteiger partial charge in [0.05, 0.1) is 17.7 Å². The summed E-state index contributed by atoms with van der Waals surface area (Å²) < 4.78 is 33.2. The van der Waals surface area contributed by atoms with Crippen molar-refractivity contribution in [1.82, 2.24) is 15.2 Å². The Bertz CT molecular complexity index is 1260. The van der Waals surface area contributed by atoms with Crippen molar-refractivity contribution in [3.63, 3.8) is 0 Å². The van der Waals surface area contributed by atoms with E-state index < -0.39 is 10.0 Å². The molecule has 7 nitrogen and oxygen atoms in total. The first-order valence-corrected chi connectivity index (χ1v) is 10.7. The number of aromatic nitrogens is 3. The maximum absolute atomic E-state index is 12.6. The van der Waals surface area contributed by atoms with E-state index in [-0.39, 0.29) is 10.0 Å². The molecule has 2 aromatic heterocycles. The number of sulfonamides is 1. The molecule has 2 heterocycles. The van der Waals surface area contributed by atoms with Gasteiger partial charge in [0.15, 0.2) is 0 Å². The number of fused-ring (bicyclic) bond motifs is 1. The standard InChI is InChI=1S/C19H16N4O3S2/c1-12-3-6-17(26-2)16(9-12)18-15-5-4-14(10-13(15)7-8-20-18)28(24,25)23-19-22-21-11-27-19/h3-11H,1-2H3,(H,22,23). The summed E-state index contributed by atoms with van der Waals surface area (Å²) in [5.74, 6) is 0.709. The monoisotopic (exact) mass is 412 g/mol. The molecule has 1 N–H and O–H groups in total. The van der Waals surface area contributed by atoms with E-state index in [0.717, 1.165) is 38.9 Å². The van der Waals surface area contributed by atoms with Gasteiger partial charge in [-0.05, 0) is 42.6 Å². The van der Waals surface area contributed by atoms with Gasteiger partial charge in [-0.25, -0.2) is 8.42 Å². The molecule has 4 rings (SSSR count). The molecular weight excluding hydrogens is 396 g/mol. The largest absolute Gasteiger partial charge is 0.496 e. The SMILES string of the molecule is COc1ccc(C)cc1-c1nccc2cc(S(=O)(=O)Nc3nncs3)ccc12. The lowest BCUT2D eigenvalue weighted by Crippen LogP contribution is -2.12. The second kappa shape index (κ2) is 7.17. The molecule has 142 valence electrons. The van der Waals surface area contributed by atoms with Crippen molar-refractivity contribution in [3.8, 4) is 17.0 Å². The van der Waals surface area contributed by atoms with E-state index in [2.05, 4.69) is 19.9 Å². The Morgan fingerprint density at radius 3 is 2.71 bits per heavy atom. The zero-order valence-corrected chi connectivity index (χ0v) is 16.7. The van der Waals surface area contributed by atoms with Crippen LogP contribution in [0.15, 0.2) is 59.1 Å². The van der Waals surface area contributed by atoms with Crippen molar-refractivity contribution >= 4 is 37.3 Å². The van der Waals surface area contributed by atoms with Crippen molar-refractivity contribution in [2.24, 2.45) is 0 Å². The molecule has 28 heavy (non-hydrogen) atoms. The average molecular weight is 412 g/mol. The summed E-state index contributed by atoms with van der Waals surface area (Å²) in [7, 11) is -2.14. The van der Waals surface area contributed by atoms with Crippen LogP contribution >= 0.6 is 11.3 Å². The van der Waals surface area contributed by atoms with Crippen molar-refractivity contribution in [1.29, 1.82) is 0 Å². The summed E-state index contributed by atoms with van der Waals surface area (Å²) >= 11 is 1.12. The van der Waals surface area contributed by atoms with Crippen LogP contribution in [0, 0.1) is 6.92 Å². The Balaban J connectivity index is 1.82. The normalized spacial score (nSPS) is 11.5. The van der Waals surface area contributed by atoms with Crippen LogP contribution < -0.4 is 9.46 Å². The van der Waals surface area contributed by atoms with Crippen LogP contribution in [0.3, 0.4) is 0 Å². The number of hydrogen-bond donors (Lipinski definition) is 1. The third kappa shape index (κ3) is 3.41. The van der Waals surface area contributed by atoms with Gasteiger partial charge < -0.3 is 4.74 Å². The zero-order valence-electron chi connectivity index (χ0n) is 15.1. The smallest absolute Gasteiger partial charge is 0.263 e. The first-order valence-electron chi connectivity index (χ1n) is 8.31. The van der Waals surface area contributed by atoms with E-state index in [0.29, 0.717) is 5.75 Å². The fourth-order valence-corrected chi connectivity index (χ4v) is 4.66. The van der Waals surface area contributed by atoms with Crippen molar-refractivity contribution in [2.75, 3.05) is 11.8 Å². The van der Waals surface area contributed by atoms with Crippen LogP contribution in [-0.2, 0) is 10.0 Å². The minimum absolute atomic E-state index is 0.142. The highest BCUT2D eigenvalue weighted by molar-refractivity contribution is 7.93. The van der Waals surface area contributed by atoms with E-state index in [1.54, 1.807) is 37.6 Å². The molecule has 0 aliphatic heterocycles. The van der Waals surface area contributed by atoms with Crippen LogP contribution in [-0.4, -0.2) is 30.7 Å². The van der Waals surface area contributed by atoms with Gasteiger partial charge in [0.1, 0.15) is 11.3 Å². The number of hydrogen-bond acceptors (Lipinski definition) is 7. The Hall–Kier alpha value is -3.04. The van der Waals surface area contributed by atoms with E-state index in [9.17, 15) is 8.42 Å². The Kier molecular flexibility index (Phi) is 4.70. The maximum Gasteiger partial charge on any atom is 0.263 e. The van der Waals surface area contributed by atoms with E-state index in [1.165, 1.54) is 5.51 Å². The molecule has 0 saturated heterocycles. The Labute approximate surface area is 166 Å². The second-order valence-corrected chi connectivity index (χ2v) is 8.61. The first kappa shape index (κ1) is 18.3. The van der Waals surface area contributed by atoms with Gasteiger partial charge in [0.25, 0.3) is 10.0 Å². The summed E-state index contributed by atoms with van der Waals surface area (Å²) in [5, 5.41) is 9.18. The minimum atomic E-state index is -3.76. The minimum Gasteiger partial charge on any atom is -0.496 e. The summed E-state index contributed by atoms with van der Waals surface area (Å²) in [6.07, 6.45) is 1.66. The first-order chi connectivity index (χ1) is 13.5. The number of benzene rings is 2. The number of rotatable bonds is 5. The lowest BCUT2D eigenvalue weighted by Gasteiger charge is -2.12. The van der Waals surface area contributed by atoms with Crippen molar-refractivity contribution in [2.45, 2.75) is 11.8 Å². The van der Waals surface area contributed by atoms with Crippen LogP contribution in [0.4, 0.5) is 5.13 Å². The molecule has 0 atom stereocenters. The van der Waals surface area contributed by atoms with Gasteiger partial charge in [0, 0.05) is 17.1 Å². The Morgan fingerprint density at radius 1 is 1.11 bits per heavy atom. The predicted molar refractivity (Wildman–Crippen MR) is 109 cm³/mol. The third-order valence-electron chi connectivity index (χ3n) is 4.24. The van der Waals surface area contributed by atoms with Crippen LogP contribution in [0.1, 0.15) is 5.56 Å². The highest BCUT2D eigenvalue weighted by Gasteiger charge is 2.18. The molecule has 0 bridgehead atoms. The quantitative estimate of drug-likeness (QED) is 0.535. The number of anilines is 1. The van der Waals surface area contributed by atoms with Gasteiger partial charge in [-0.2, -0.15) is 0 Å². The van der Waals surface area contributed by atoms with Crippen LogP contribution in [0.5, 0.6) is 5.75 Å². The number of aryl methyl sites for hydroxylation is 1. The topological polar surface area (TPSA) is 94.1 Å². The second-order valence-electron chi connectivity index (χ2n) is 6.10. The van der Waals surface area contributed by atoms with Crippen LogP contribution in [0.25, 0.3) is 22.0 Å². The van der Waals surface area contributed by atoms with Gasteiger partial charge in [-0.3, -0.25) is 9.71 Å². The lowest BCUT2D eigenvalue weighted by molar-refractivity contribution is 0.416. The number of nitrogens with zero attached hydrogens (tertiary/aromatic N) is 3. The maximum atomic E-state index is 12.6. The number of methoxy groups -OCH3 is 1. The van der Waals surface area contributed by atoms with Gasteiger partial charge >= 0.3 is 0 Å². The van der Waals surface area contributed by atoms with Crippen LogP contribution in [0.2, 0.25) is 0 Å². The Morgan fingerprint density at radius 2 is 1.96 bits per heavy atom. The summed E-state index contributed by atoms with van der Waals surface area (Å²) in [6.45, 7) is 2.00. The summed E-state index contributed by atoms with van der Waals surface area (Å²) in [4.78, 5) is 4.66. The molecule has 0 saturated carbocycles. The molecule has 0 unspecified atom stereocenters. The average Bonchev–Trinajstić information content (AvgIpc) is 3.19. The number of pyridine rings is 1. The molecule has 9 heteroatoms. The number of nitrogens with one attached hydrogen (secondary N) is 1. The van der Waals surface area contributed by atoms with Gasteiger partial charge in [0.2, 0.25) is 5.13 Å². The molecule has 0 spiro atoms. The van der Waals surface area contributed by atoms with E-state index in [1.807, 2.05) is 25.1 Å². The highest BCUT2D eigenvalue weighted by Crippen LogP contribution is 2.35. The van der Waals surface area contributed by atoms with Crippen molar-refractivity contribution in [3.05, 3.63) is 59.7 Å². The van der Waals surface area contributed by atoms with Gasteiger partial charge in [-0.15, -0.1) is 10.2 Å². The third-order valence-corrected chi connectivity index (χ3v) is 6.31. The van der Waals surface area contributed by atoms with Crippen molar-refractivity contribution < 1.29 is 13.2 Å². The van der Waals surface area contributed by atoms with Gasteiger partial charge in [-0.1, -0.05) is 29.0 Å². The van der Waals surface area contributed by atoms with E-state index in [4.69, 9.17) is 4.74 Å². The molecular formula is C19H16N4O3S2. The number of ether oxygens (including phenoxy) is 1. The zero-order chi connectivity index (χ0) is 19.7. The molecule has 0 aliphatic carbocycles. The molecule has 2 aromatic carbocycles. The highest BCUT2D eigenvalue weighted by atomic mass is 32.2. The molecule has 0 fully saturated rings.